The van der Waals surface area contributed by atoms with Gasteiger partial charge in [0, 0.05) is 4.47 Å². The fourth-order valence-corrected chi connectivity index (χ4v) is 2.67. The van der Waals surface area contributed by atoms with Crippen LogP contribution < -0.4 is 0 Å². The van der Waals surface area contributed by atoms with Crippen LogP contribution in [0.2, 0.25) is 0 Å². The summed E-state index contributed by atoms with van der Waals surface area (Å²) >= 11 is 4.80. The Balaban J connectivity index is 2.57. The molecule has 6 heteroatoms. The summed E-state index contributed by atoms with van der Waals surface area (Å²) in [6.07, 6.45) is 1.31. The summed E-state index contributed by atoms with van der Waals surface area (Å²) in [5.74, 6) is -0.978. The number of aromatic carboxylic acids is 1. The molecular weight excluding hydrogens is 268 g/mol. The van der Waals surface area contributed by atoms with Crippen LogP contribution in [0, 0.1) is 0 Å². The first-order chi connectivity index (χ1) is 6.70. The van der Waals surface area contributed by atoms with Crippen molar-refractivity contribution in [3.8, 4) is 10.6 Å². The lowest BCUT2D eigenvalue weighted by Crippen LogP contribution is -1.95. The normalized spacial score (nSPS) is 10.4. The topological polar surface area (TPSA) is 66.0 Å². The molecule has 2 heterocycles. The first-order valence-corrected chi connectivity index (χ1v) is 5.37. The number of H-pyrrole nitrogens is 1. The van der Waals surface area contributed by atoms with Crippen molar-refractivity contribution >= 4 is 33.2 Å². The monoisotopic (exact) mass is 272 g/mol. The summed E-state index contributed by atoms with van der Waals surface area (Å²) in [6.45, 7) is 0. The van der Waals surface area contributed by atoms with Crippen LogP contribution in [-0.2, 0) is 0 Å². The third kappa shape index (κ3) is 1.46. The van der Waals surface area contributed by atoms with E-state index in [0.717, 1.165) is 9.35 Å². The van der Waals surface area contributed by atoms with E-state index >= 15 is 0 Å². The molecule has 0 radical (unpaired) electrons. The molecule has 0 fully saturated rings. The van der Waals surface area contributed by atoms with Crippen LogP contribution in [0.15, 0.2) is 22.1 Å². The van der Waals surface area contributed by atoms with Crippen molar-refractivity contribution in [3.63, 3.8) is 0 Å². The molecule has 2 aromatic heterocycles. The van der Waals surface area contributed by atoms with Crippen molar-refractivity contribution in [3.05, 3.63) is 27.7 Å². The number of carboxylic acids is 1. The zero-order valence-electron chi connectivity index (χ0n) is 6.82. The van der Waals surface area contributed by atoms with Gasteiger partial charge in [-0.3, -0.25) is 5.10 Å². The smallest absolute Gasteiger partial charge is 0.339 e. The van der Waals surface area contributed by atoms with Crippen molar-refractivity contribution in [1.82, 2.24) is 10.2 Å². The molecule has 2 rings (SSSR count). The molecule has 4 nitrogen and oxygen atoms in total. The lowest BCUT2D eigenvalue weighted by molar-refractivity contribution is 0.0698. The van der Waals surface area contributed by atoms with Gasteiger partial charge >= 0.3 is 5.97 Å². The molecule has 0 amide bonds. The Hall–Kier alpha value is -1.14. The highest BCUT2D eigenvalue weighted by Crippen LogP contribution is 2.33. The number of aromatic nitrogens is 2. The van der Waals surface area contributed by atoms with Gasteiger partial charge in [-0.25, -0.2) is 4.79 Å². The fraction of sp³-hybridized carbons (Fsp3) is 0. The Kier molecular flexibility index (Phi) is 2.39. The largest absolute Gasteiger partial charge is 0.478 e. The van der Waals surface area contributed by atoms with E-state index in [2.05, 4.69) is 26.1 Å². The second kappa shape index (κ2) is 3.55. The van der Waals surface area contributed by atoms with Crippen molar-refractivity contribution in [1.29, 1.82) is 0 Å². The third-order valence-corrected chi connectivity index (χ3v) is 3.57. The molecule has 0 aliphatic carbocycles. The second-order valence-corrected chi connectivity index (χ2v) is 4.33. The second-order valence-electron chi connectivity index (χ2n) is 2.56. The van der Waals surface area contributed by atoms with E-state index in [9.17, 15) is 4.79 Å². The zero-order valence-corrected chi connectivity index (χ0v) is 9.22. The number of rotatable bonds is 2. The van der Waals surface area contributed by atoms with Crippen LogP contribution in [-0.4, -0.2) is 21.3 Å². The Morgan fingerprint density at radius 3 is 3.00 bits per heavy atom. The zero-order chi connectivity index (χ0) is 10.1. The van der Waals surface area contributed by atoms with Gasteiger partial charge in [-0.1, -0.05) is 0 Å². The minimum absolute atomic E-state index is 0.188. The molecule has 0 saturated carbocycles. The van der Waals surface area contributed by atoms with E-state index in [-0.39, 0.29) is 5.56 Å². The molecule has 0 spiro atoms. The van der Waals surface area contributed by atoms with Gasteiger partial charge in [0.2, 0.25) is 0 Å². The molecule has 0 aliphatic rings. The van der Waals surface area contributed by atoms with Gasteiger partial charge in [0.15, 0.2) is 0 Å². The number of carbonyl (C=O) groups is 1. The molecule has 0 bridgehead atoms. The van der Waals surface area contributed by atoms with Crippen LogP contribution in [0.4, 0.5) is 0 Å². The summed E-state index contributed by atoms with van der Waals surface area (Å²) in [6, 6.07) is 1.87. The van der Waals surface area contributed by atoms with Gasteiger partial charge in [-0.05, 0) is 27.4 Å². The standard InChI is InChI=1S/C8H5BrN2O2S/c9-5-1-2-14-7(5)6-4(8(12)13)3-10-11-6/h1-3H,(H,10,11)(H,12,13). The number of carboxylic acid groups (broad SMARTS) is 1. The lowest BCUT2D eigenvalue weighted by atomic mass is 10.2. The molecule has 2 N–H and O–H groups in total. The maximum atomic E-state index is 10.8. The molecule has 2 aromatic rings. The van der Waals surface area contributed by atoms with Gasteiger partial charge in [0.05, 0.1) is 16.8 Å². The van der Waals surface area contributed by atoms with Gasteiger partial charge in [-0.15, -0.1) is 11.3 Å². The van der Waals surface area contributed by atoms with Crippen LogP contribution in [0.3, 0.4) is 0 Å². The average Bonchev–Trinajstić information content (AvgIpc) is 2.70. The quantitative estimate of drug-likeness (QED) is 0.883. The Labute approximate surface area is 91.7 Å². The number of halogens is 1. The van der Waals surface area contributed by atoms with E-state index in [1.54, 1.807) is 0 Å². The van der Waals surface area contributed by atoms with E-state index in [1.165, 1.54) is 17.5 Å². The predicted octanol–water partition coefficient (Wildman–Crippen LogP) is 2.60. The molecule has 0 aromatic carbocycles. The molecule has 0 unspecified atom stereocenters. The SMILES string of the molecule is O=C(O)c1cn[nH]c1-c1sccc1Br. The van der Waals surface area contributed by atoms with Gasteiger partial charge in [0.1, 0.15) is 5.56 Å². The predicted molar refractivity (Wildman–Crippen MR) is 56.6 cm³/mol. The van der Waals surface area contributed by atoms with Crippen LogP contribution in [0.5, 0.6) is 0 Å². The van der Waals surface area contributed by atoms with Gasteiger partial charge < -0.3 is 5.11 Å². The van der Waals surface area contributed by atoms with Crippen molar-refractivity contribution in [2.24, 2.45) is 0 Å². The summed E-state index contributed by atoms with van der Waals surface area (Å²) < 4.78 is 0.870. The highest BCUT2D eigenvalue weighted by atomic mass is 79.9. The average molecular weight is 273 g/mol. The molecule has 0 saturated heterocycles. The van der Waals surface area contributed by atoms with E-state index < -0.39 is 5.97 Å². The summed E-state index contributed by atoms with van der Waals surface area (Å²) in [7, 11) is 0. The van der Waals surface area contributed by atoms with E-state index in [1.807, 2.05) is 11.4 Å². The maximum absolute atomic E-state index is 10.8. The van der Waals surface area contributed by atoms with E-state index in [4.69, 9.17) is 5.11 Å². The van der Waals surface area contributed by atoms with Crippen LogP contribution >= 0.6 is 27.3 Å². The number of nitrogens with one attached hydrogen (secondary N) is 1. The third-order valence-electron chi connectivity index (χ3n) is 1.71. The lowest BCUT2D eigenvalue weighted by Gasteiger charge is -1.95. The molecular formula is C8H5BrN2O2S. The number of hydrogen-bond donors (Lipinski definition) is 2. The molecule has 14 heavy (non-hydrogen) atoms. The molecule has 0 aliphatic heterocycles. The summed E-state index contributed by atoms with van der Waals surface area (Å²) in [5.41, 5.74) is 0.729. The van der Waals surface area contributed by atoms with Crippen LogP contribution in [0.1, 0.15) is 10.4 Å². The van der Waals surface area contributed by atoms with Crippen molar-refractivity contribution < 1.29 is 9.90 Å². The molecule has 0 atom stereocenters. The summed E-state index contributed by atoms with van der Waals surface area (Å²) in [4.78, 5) is 11.7. The number of thiophene rings is 1. The highest BCUT2D eigenvalue weighted by Gasteiger charge is 2.16. The van der Waals surface area contributed by atoms with Gasteiger partial charge in [0.25, 0.3) is 0 Å². The minimum atomic E-state index is -0.978. The van der Waals surface area contributed by atoms with Crippen LogP contribution in [0.25, 0.3) is 10.6 Å². The van der Waals surface area contributed by atoms with Crippen molar-refractivity contribution in [2.75, 3.05) is 0 Å². The number of nitrogens with zero attached hydrogens (tertiary/aromatic N) is 1. The molecule has 72 valence electrons. The highest BCUT2D eigenvalue weighted by molar-refractivity contribution is 9.10. The van der Waals surface area contributed by atoms with Crippen molar-refractivity contribution in [2.45, 2.75) is 0 Å². The Morgan fingerprint density at radius 2 is 2.43 bits per heavy atom. The summed E-state index contributed by atoms with van der Waals surface area (Å²) in [5, 5.41) is 17.2. The first-order valence-electron chi connectivity index (χ1n) is 3.70. The first kappa shape index (κ1) is 9.42. The Morgan fingerprint density at radius 1 is 1.64 bits per heavy atom. The maximum Gasteiger partial charge on any atom is 0.339 e. The van der Waals surface area contributed by atoms with E-state index in [0.29, 0.717) is 5.69 Å². The Bertz CT molecular complexity index is 477. The fourth-order valence-electron chi connectivity index (χ4n) is 1.09. The van der Waals surface area contributed by atoms with Gasteiger partial charge in [-0.2, -0.15) is 5.10 Å². The minimum Gasteiger partial charge on any atom is -0.478 e. The number of hydrogen-bond acceptors (Lipinski definition) is 3. The number of aromatic amines is 1.